The normalized spacial score (nSPS) is 20.9. The number of hydrogen-bond donors (Lipinski definition) is 0. The summed E-state index contributed by atoms with van der Waals surface area (Å²) in [5.74, 6) is 1.23. The minimum absolute atomic E-state index is 0.00515. The smallest absolute Gasteiger partial charge is 0.410 e. The quantitative estimate of drug-likeness (QED) is 0.828. The van der Waals surface area contributed by atoms with E-state index in [4.69, 9.17) is 9.47 Å². The minimum atomic E-state index is -0.389. The third-order valence-corrected chi connectivity index (χ3v) is 4.61. The SMILES string of the molecule is Cc1ccccc1OC[C@@H]1CCCN(C(=O)CN2CCOC2=O)C1. The molecule has 24 heavy (non-hydrogen) atoms. The van der Waals surface area contributed by atoms with Crippen molar-refractivity contribution in [2.45, 2.75) is 19.8 Å². The number of benzene rings is 1. The number of rotatable bonds is 5. The van der Waals surface area contributed by atoms with E-state index in [9.17, 15) is 9.59 Å². The highest BCUT2D eigenvalue weighted by Gasteiger charge is 2.29. The third-order valence-electron chi connectivity index (χ3n) is 4.61. The second-order valence-corrected chi connectivity index (χ2v) is 6.46. The fraction of sp³-hybridized carbons (Fsp3) is 0.556. The van der Waals surface area contributed by atoms with Gasteiger partial charge >= 0.3 is 6.09 Å². The van der Waals surface area contributed by atoms with E-state index in [2.05, 4.69) is 0 Å². The number of aryl methyl sites for hydroxylation is 1. The predicted molar refractivity (Wildman–Crippen MR) is 88.9 cm³/mol. The lowest BCUT2D eigenvalue weighted by molar-refractivity contribution is -0.133. The second-order valence-electron chi connectivity index (χ2n) is 6.46. The Morgan fingerprint density at radius 2 is 2.17 bits per heavy atom. The summed E-state index contributed by atoms with van der Waals surface area (Å²) in [5, 5.41) is 0. The molecular formula is C18H24N2O4. The Bertz CT molecular complexity index is 604. The molecule has 2 amide bonds. The van der Waals surface area contributed by atoms with Gasteiger partial charge in [-0.3, -0.25) is 9.69 Å². The van der Waals surface area contributed by atoms with Gasteiger partial charge in [-0.2, -0.15) is 0 Å². The first kappa shape index (κ1) is 16.6. The number of ether oxygens (including phenoxy) is 2. The summed E-state index contributed by atoms with van der Waals surface area (Å²) in [5.41, 5.74) is 1.12. The molecule has 1 aromatic carbocycles. The summed E-state index contributed by atoms with van der Waals surface area (Å²) in [6.45, 7) is 5.07. The first-order valence-electron chi connectivity index (χ1n) is 8.51. The van der Waals surface area contributed by atoms with E-state index >= 15 is 0 Å². The van der Waals surface area contributed by atoms with Crippen molar-refractivity contribution in [3.05, 3.63) is 29.8 Å². The highest BCUT2D eigenvalue weighted by atomic mass is 16.6. The maximum absolute atomic E-state index is 12.4. The molecule has 0 radical (unpaired) electrons. The number of hydrogen-bond acceptors (Lipinski definition) is 4. The largest absolute Gasteiger partial charge is 0.493 e. The number of piperidine rings is 1. The molecule has 2 fully saturated rings. The molecule has 0 aliphatic carbocycles. The standard InChI is InChI=1S/C18H24N2O4/c1-14-5-2-3-7-16(14)24-13-15-6-4-8-19(11-15)17(21)12-20-9-10-23-18(20)22/h2-3,5,7,15H,4,6,8-13H2,1H3/t15-/m1/s1. The summed E-state index contributed by atoms with van der Waals surface area (Å²) in [4.78, 5) is 27.2. The van der Waals surface area contributed by atoms with Gasteiger partial charge in [0.15, 0.2) is 0 Å². The molecule has 0 bridgehead atoms. The van der Waals surface area contributed by atoms with Crippen molar-refractivity contribution in [1.82, 2.24) is 9.80 Å². The zero-order valence-electron chi connectivity index (χ0n) is 14.1. The number of carbonyl (C=O) groups is 2. The molecule has 0 saturated carbocycles. The van der Waals surface area contributed by atoms with E-state index in [1.165, 1.54) is 4.90 Å². The molecular weight excluding hydrogens is 308 g/mol. The predicted octanol–water partition coefficient (Wildman–Crippen LogP) is 2.06. The minimum Gasteiger partial charge on any atom is -0.493 e. The molecule has 0 unspecified atom stereocenters. The zero-order chi connectivity index (χ0) is 16.9. The van der Waals surface area contributed by atoms with Crippen LogP contribution in [-0.2, 0) is 9.53 Å². The zero-order valence-corrected chi connectivity index (χ0v) is 14.1. The first-order valence-corrected chi connectivity index (χ1v) is 8.51. The van der Waals surface area contributed by atoms with Crippen molar-refractivity contribution in [2.75, 3.05) is 39.4 Å². The van der Waals surface area contributed by atoms with E-state index in [0.717, 1.165) is 30.7 Å². The lowest BCUT2D eigenvalue weighted by atomic mass is 9.99. The van der Waals surface area contributed by atoms with Gasteiger partial charge in [-0.15, -0.1) is 0 Å². The highest BCUT2D eigenvalue weighted by molar-refractivity contribution is 5.83. The van der Waals surface area contributed by atoms with Gasteiger partial charge in [-0.05, 0) is 31.4 Å². The number of para-hydroxylation sites is 1. The van der Waals surface area contributed by atoms with Crippen LogP contribution in [0.2, 0.25) is 0 Å². The lowest BCUT2D eigenvalue weighted by Gasteiger charge is -2.33. The molecule has 6 heteroatoms. The monoisotopic (exact) mass is 332 g/mol. The topological polar surface area (TPSA) is 59.1 Å². The molecule has 2 aliphatic rings. The van der Waals surface area contributed by atoms with Crippen molar-refractivity contribution in [3.8, 4) is 5.75 Å². The summed E-state index contributed by atoms with van der Waals surface area (Å²) in [6.07, 6.45) is 1.64. The van der Waals surface area contributed by atoms with Gasteiger partial charge in [0.25, 0.3) is 0 Å². The van der Waals surface area contributed by atoms with E-state index < -0.39 is 0 Å². The molecule has 2 heterocycles. The van der Waals surface area contributed by atoms with Crippen molar-refractivity contribution >= 4 is 12.0 Å². The van der Waals surface area contributed by atoms with Crippen LogP contribution in [-0.4, -0.2) is 61.2 Å². The van der Waals surface area contributed by atoms with Crippen molar-refractivity contribution in [1.29, 1.82) is 0 Å². The van der Waals surface area contributed by atoms with E-state index in [1.807, 2.05) is 36.1 Å². The lowest BCUT2D eigenvalue weighted by Crippen LogP contribution is -2.46. The molecule has 3 rings (SSSR count). The molecule has 0 spiro atoms. The van der Waals surface area contributed by atoms with Gasteiger partial charge in [0.2, 0.25) is 5.91 Å². The van der Waals surface area contributed by atoms with Crippen molar-refractivity contribution < 1.29 is 19.1 Å². The third kappa shape index (κ3) is 3.99. The molecule has 0 aromatic heterocycles. The molecule has 2 aliphatic heterocycles. The van der Waals surface area contributed by atoms with Gasteiger partial charge in [-0.25, -0.2) is 4.79 Å². The fourth-order valence-corrected chi connectivity index (χ4v) is 3.19. The Hall–Kier alpha value is -2.24. The summed E-state index contributed by atoms with van der Waals surface area (Å²) < 4.78 is 10.8. The van der Waals surface area contributed by atoms with Crippen LogP contribution in [0.1, 0.15) is 18.4 Å². The van der Waals surface area contributed by atoms with Crippen LogP contribution in [0.5, 0.6) is 5.75 Å². The number of amides is 2. The molecule has 1 aromatic rings. The van der Waals surface area contributed by atoms with Crippen LogP contribution >= 0.6 is 0 Å². The highest BCUT2D eigenvalue weighted by Crippen LogP contribution is 2.21. The van der Waals surface area contributed by atoms with Crippen molar-refractivity contribution in [2.24, 2.45) is 5.92 Å². The Morgan fingerprint density at radius 3 is 2.92 bits per heavy atom. The molecule has 2 saturated heterocycles. The molecule has 0 N–H and O–H groups in total. The fourth-order valence-electron chi connectivity index (χ4n) is 3.19. The Morgan fingerprint density at radius 1 is 1.33 bits per heavy atom. The molecule has 6 nitrogen and oxygen atoms in total. The van der Waals surface area contributed by atoms with Gasteiger partial charge < -0.3 is 14.4 Å². The van der Waals surface area contributed by atoms with Crippen LogP contribution in [0.15, 0.2) is 24.3 Å². The number of likely N-dealkylation sites (tertiary alicyclic amines) is 1. The Labute approximate surface area is 142 Å². The van der Waals surface area contributed by atoms with Gasteiger partial charge in [-0.1, -0.05) is 18.2 Å². The van der Waals surface area contributed by atoms with Crippen LogP contribution in [0, 0.1) is 12.8 Å². The number of cyclic esters (lactones) is 1. The summed E-state index contributed by atoms with van der Waals surface area (Å²) in [6, 6.07) is 7.96. The van der Waals surface area contributed by atoms with Crippen LogP contribution in [0.4, 0.5) is 4.79 Å². The second kappa shape index (κ2) is 7.55. The maximum atomic E-state index is 12.4. The van der Waals surface area contributed by atoms with Crippen molar-refractivity contribution in [3.63, 3.8) is 0 Å². The van der Waals surface area contributed by atoms with Crippen LogP contribution < -0.4 is 4.74 Å². The van der Waals surface area contributed by atoms with Gasteiger partial charge in [0.05, 0.1) is 13.2 Å². The summed E-state index contributed by atoms with van der Waals surface area (Å²) >= 11 is 0. The van der Waals surface area contributed by atoms with Gasteiger partial charge in [0.1, 0.15) is 18.9 Å². The average Bonchev–Trinajstić information content (AvgIpc) is 2.99. The van der Waals surface area contributed by atoms with E-state index in [-0.39, 0.29) is 18.5 Å². The first-order chi connectivity index (χ1) is 11.6. The summed E-state index contributed by atoms with van der Waals surface area (Å²) in [7, 11) is 0. The van der Waals surface area contributed by atoms with E-state index in [1.54, 1.807) is 0 Å². The Balaban J connectivity index is 1.49. The maximum Gasteiger partial charge on any atom is 0.410 e. The number of carbonyl (C=O) groups excluding carboxylic acids is 2. The Kier molecular flexibility index (Phi) is 5.23. The average molecular weight is 332 g/mol. The van der Waals surface area contributed by atoms with Gasteiger partial charge in [0, 0.05) is 19.0 Å². The van der Waals surface area contributed by atoms with E-state index in [0.29, 0.717) is 32.2 Å². The number of nitrogens with zero attached hydrogens (tertiary/aromatic N) is 2. The van der Waals surface area contributed by atoms with Crippen LogP contribution in [0.25, 0.3) is 0 Å². The molecule has 1 atom stereocenters. The molecule has 130 valence electrons. The van der Waals surface area contributed by atoms with Crippen LogP contribution in [0.3, 0.4) is 0 Å².